The van der Waals surface area contributed by atoms with Crippen molar-refractivity contribution in [1.82, 2.24) is 9.80 Å². The molecule has 2 saturated heterocycles. The molecule has 136 valence electrons. The molecule has 2 aliphatic heterocycles. The van der Waals surface area contributed by atoms with Crippen LogP contribution in [0.1, 0.15) is 27.2 Å². The Bertz CT molecular complexity index is 646. The molecule has 25 heavy (non-hydrogen) atoms. The molecule has 0 radical (unpaired) electrons. The lowest BCUT2D eigenvalue weighted by Crippen LogP contribution is -2.51. The molecule has 5 nitrogen and oxygen atoms in total. The van der Waals surface area contributed by atoms with Gasteiger partial charge in [-0.2, -0.15) is 0 Å². The molecule has 2 fully saturated rings. The van der Waals surface area contributed by atoms with Crippen molar-refractivity contribution in [3.05, 3.63) is 30.1 Å². The van der Waals surface area contributed by atoms with Gasteiger partial charge in [-0.05, 0) is 45.0 Å². The fourth-order valence-corrected chi connectivity index (χ4v) is 3.62. The van der Waals surface area contributed by atoms with E-state index in [4.69, 9.17) is 0 Å². The Hall–Kier alpha value is -2.11. The van der Waals surface area contributed by atoms with Gasteiger partial charge in [-0.25, -0.2) is 4.39 Å². The summed E-state index contributed by atoms with van der Waals surface area (Å²) in [5, 5.41) is 0. The van der Waals surface area contributed by atoms with E-state index in [1.165, 1.54) is 12.1 Å². The quantitative estimate of drug-likeness (QED) is 0.823. The first-order chi connectivity index (χ1) is 11.8. The Balaban J connectivity index is 1.57. The second kappa shape index (κ2) is 6.65. The molecule has 0 aromatic heterocycles. The number of rotatable bonds is 2. The first-order valence-electron chi connectivity index (χ1n) is 8.85. The summed E-state index contributed by atoms with van der Waals surface area (Å²) in [6.45, 7) is 9.23. The van der Waals surface area contributed by atoms with E-state index in [1.54, 1.807) is 12.1 Å². The van der Waals surface area contributed by atoms with Crippen LogP contribution in [-0.2, 0) is 9.59 Å². The number of carbonyl (C=O) groups is 2. The predicted molar refractivity (Wildman–Crippen MR) is 94.8 cm³/mol. The van der Waals surface area contributed by atoms with Crippen LogP contribution in [0.5, 0.6) is 0 Å². The minimum absolute atomic E-state index is 0.0656. The van der Waals surface area contributed by atoms with Gasteiger partial charge in [0.05, 0.1) is 5.92 Å². The van der Waals surface area contributed by atoms with E-state index in [1.807, 2.05) is 30.6 Å². The predicted octanol–water partition coefficient (Wildman–Crippen LogP) is 2.12. The lowest BCUT2D eigenvalue weighted by atomic mass is 10.1. The summed E-state index contributed by atoms with van der Waals surface area (Å²) >= 11 is 0. The van der Waals surface area contributed by atoms with E-state index >= 15 is 0 Å². The maximum absolute atomic E-state index is 13.0. The molecule has 6 heteroatoms. The number of hydrogen-bond donors (Lipinski definition) is 0. The van der Waals surface area contributed by atoms with Crippen LogP contribution in [0.2, 0.25) is 0 Å². The number of piperazine rings is 1. The Morgan fingerprint density at radius 3 is 2.20 bits per heavy atom. The van der Waals surface area contributed by atoms with Gasteiger partial charge in [0.2, 0.25) is 11.8 Å². The molecule has 0 aliphatic carbocycles. The summed E-state index contributed by atoms with van der Waals surface area (Å²) in [4.78, 5) is 30.8. The van der Waals surface area contributed by atoms with Crippen molar-refractivity contribution in [3.63, 3.8) is 0 Å². The van der Waals surface area contributed by atoms with E-state index in [0.717, 1.165) is 18.8 Å². The van der Waals surface area contributed by atoms with Gasteiger partial charge >= 0.3 is 0 Å². The normalized spacial score (nSPS) is 21.8. The van der Waals surface area contributed by atoms with Gasteiger partial charge in [0.25, 0.3) is 0 Å². The van der Waals surface area contributed by atoms with Crippen molar-refractivity contribution in [2.45, 2.75) is 32.7 Å². The highest BCUT2D eigenvalue weighted by atomic mass is 19.1. The van der Waals surface area contributed by atoms with Crippen LogP contribution in [-0.4, -0.2) is 59.9 Å². The van der Waals surface area contributed by atoms with Crippen LogP contribution in [0.25, 0.3) is 0 Å². The molecule has 0 saturated carbocycles. The third kappa shape index (κ3) is 3.78. The van der Waals surface area contributed by atoms with Gasteiger partial charge in [0.15, 0.2) is 0 Å². The molecule has 0 spiro atoms. The standard InChI is InChI=1S/C19H26FN3O2/c1-19(2,3)23-13-14(12-17(23)24)18(25)22-10-8-21(9-11-22)16-6-4-15(20)5-7-16/h4-7,14H,8-13H2,1-3H3/t14-/m0/s1. The summed E-state index contributed by atoms with van der Waals surface area (Å²) in [6, 6.07) is 6.45. The Kier molecular flexibility index (Phi) is 4.71. The second-order valence-corrected chi connectivity index (χ2v) is 7.86. The number of halogens is 1. The van der Waals surface area contributed by atoms with Crippen molar-refractivity contribution in [2.75, 3.05) is 37.6 Å². The van der Waals surface area contributed by atoms with Crippen LogP contribution in [0.3, 0.4) is 0 Å². The van der Waals surface area contributed by atoms with Crippen LogP contribution < -0.4 is 4.90 Å². The molecule has 2 aliphatic rings. The van der Waals surface area contributed by atoms with Crippen molar-refractivity contribution in [2.24, 2.45) is 5.92 Å². The maximum atomic E-state index is 13.0. The van der Waals surface area contributed by atoms with Crippen LogP contribution >= 0.6 is 0 Å². The van der Waals surface area contributed by atoms with Crippen molar-refractivity contribution in [1.29, 1.82) is 0 Å². The summed E-state index contributed by atoms with van der Waals surface area (Å²) in [5.41, 5.74) is 0.733. The Morgan fingerprint density at radius 1 is 1.08 bits per heavy atom. The van der Waals surface area contributed by atoms with E-state index in [2.05, 4.69) is 4.90 Å². The molecule has 3 rings (SSSR count). The molecular weight excluding hydrogens is 321 g/mol. The summed E-state index contributed by atoms with van der Waals surface area (Å²) in [7, 11) is 0. The van der Waals surface area contributed by atoms with Crippen LogP contribution in [0.15, 0.2) is 24.3 Å². The first-order valence-corrected chi connectivity index (χ1v) is 8.85. The lowest BCUT2D eigenvalue weighted by molar-refractivity contribution is -0.136. The molecule has 1 atom stereocenters. The van der Waals surface area contributed by atoms with Gasteiger partial charge in [-0.15, -0.1) is 0 Å². The maximum Gasteiger partial charge on any atom is 0.228 e. The second-order valence-electron chi connectivity index (χ2n) is 7.86. The third-order valence-electron chi connectivity index (χ3n) is 5.07. The molecule has 2 amide bonds. The number of likely N-dealkylation sites (tertiary alicyclic amines) is 1. The fraction of sp³-hybridized carbons (Fsp3) is 0.579. The molecule has 1 aromatic rings. The van der Waals surface area contributed by atoms with Crippen molar-refractivity contribution < 1.29 is 14.0 Å². The Morgan fingerprint density at radius 2 is 1.68 bits per heavy atom. The van der Waals surface area contributed by atoms with E-state index in [-0.39, 0.29) is 29.1 Å². The van der Waals surface area contributed by atoms with E-state index in [9.17, 15) is 14.0 Å². The van der Waals surface area contributed by atoms with Gasteiger partial charge in [0.1, 0.15) is 5.82 Å². The molecule has 0 N–H and O–H groups in total. The third-order valence-corrected chi connectivity index (χ3v) is 5.07. The van der Waals surface area contributed by atoms with E-state index < -0.39 is 0 Å². The van der Waals surface area contributed by atoms with Gasteiger partial charge in [-0.1, -0.05) is 0 Å². The number of nitrogens with zero attached hydrogens (tertiary/aromatic N) is 3. The lowest BCUT2D eigenvalue weighted by Gasteiger charge is -2.37. The average Bonchev–Trinajstić information content (AvgIpc) is 2.97. The number of carbonyl (C=O) groups excluding carboxylic acids is 2. The van der Waals surface area contributed by atoms with Crippen LogP contribution in [0.4, 0.5) is 10.1 Å². The minimum Gasteiger partial charge on any atom is -0.368 e. The zero-order chi connectivity index (χ0) is 18.2. The zero-order valence-electron chi connectivity index (χ0n) is 15.2. The number of benzene rings is 1. The van der Waals surface area contributed by atoms with Crippen LogP contribution in [0, 0.1) is 11.7 Å². The monoisotopic (exact) mass is 347 g/mol. The minimum atomic E-state index is -0.244. The number of anilines is 1. The number of hydrogen-bond acceptors (Lipinski definition) is 3. The number of amides is 2. The first kappa shape index (κ1) is 17.7. The van der Waals surface area contributed by atoms with Gasteiger partial charge in [0, 0.05) is 50.4 Å². The average molecular weight is 347 g/mol. The molecular formula is C19H26FN3O2. The largest absolute Gasteiger partial charge is 0.368 e. The van der Waals surface area contributed by atoms with Gasteiger partial charge < -0.3 is 14.7 Å². The molecule has 0 unspecified atom stereocenters. The SMILES string of the molecule is CC(C)(C)N1C[C@@H](C(=O)N2CCN(c3ccc(F)cc3)CC2)CC1=O. The summed E-state index contributed by atoms with van der Waals surface area (Å²) < 4.78 is 13.0. The smallest absolute Gasteiger partial charge is 0.228 e. The van der Waals surface area contributed by atoms with Gasteiger partial charge in [-0.3, -0.25) is 9.59 Å². The van der Waals surface area contributed by atoms with Crippen molar-refractivity contribution >= 4 is 17.5 Å². The van der Waals surface area contributed by atoms with Crippen molar-refractivity contribution in [3.8, 4) is 0 Å². The summed E-state index contributed by atoms with van der Waals surface area (Å²) in [5.74, 6) is -0.328. The molecule has 2 heterocycles. The highest BCUT2D eigenvalue weighted by molar-refractivity contribution is 5.89. The topological polar surface area (TPSA) is 43.9 Å². The fourth-order valence-electron chi connectivity index (χ4n) is 3.62. The summed E-state index contributed by atoms with van der Waals surface area (Å²) in [6.07, 6.45) is 0.314. The molecule has 0 bridgehead atoms. The highest BCUT2D eigenvalue weighted by Crippen LogP contribution is 2.27. The highest BCUT2D eigenvalue weighted by Gasteiger charge is 2.41. The van der Waals surface area contributed by atoms with E-state index in [0.29, 0.717) is 26.1 Å². The zero-order valence-corrected chi connectivity index (χ0v) is 15.2. The Labute approximate surface area is 148 Å². The molecule has 1 aromatic carbocycles.